The van der Waals surface area contributed by atoms with Crippen molar-refractivity contribution in [2.75, 3.05) is 6.54 Å². The van der Waals surface area contributed by atoms with Gasteiger partial charge in [0.2, 0.25) is 0 Å². The van der Waals surface area contributed by atoms with E-state index in [0.29, 0.717) is 18.5 Å². The summed E-state index contributed by atoms with van der Waals surface area (Å²) in [6.45, 7) is 2.76. The molecule has 1 amide bonds. The van der Waals surface area contributed by atoms with Gasteiger partial charge in [-0.1, -0.05) is 75.4 Å². The fourth-order valence-electron chi connectivity index (χ4n) is 4.21. The Hall–Kier alpha value is -2.62. The molecule has 160 valence electrons. The maximum atomic E-state index is 12.7. The highest BCUT2D eigenvalue weighted by atomic mass is 16.4. The fraction of sp³-hybridized carbons (Fsp3) is 0.462. The number of unbranched alkanes of at least 4 members (excludes halogenated alkanes) is 5. The van der Waals surface area contributed by atoms with Crippen LogP contribution in [0.3, 0.4) is 0 Å². The molecule has 1 fully saturated rings. The Kier molecular flexibility index (Phi) is 8.06. The monoisotopic (exact) mass is 407 g/mol. The van der Waals surface area contributed by atoms with E-state index in [2.05, 4.69) is 31.2 Å². The van der Waals surface area contributed by atoms with Gasteiger partial charge in [0.15, 0.2) is 0 Å². The van der Waals surface area contributed by atoms with Crippen LogP contribution in [-0.4, -0.2) is 34.5 Å². The standard InChI is InChI=1S/C26H33NO3/c1-2-3-4-5-6-7-9-20-11-13-21(14-12-20)22-15-17-23(18-16-22)25(28)27-19-8-10-24(27)26(29)30/h11-18,24H,2-10,19H2,1H3,(H,29,30). The molecule has 1 heterocycles. The lowest BCUT2D eigenvalue weighted by molar-refractivity contribution is -0.141. The molecule has 1 atom stereocenters. The normalized spacial score (nSPS) is 16.0. The lowest BCUT2D eigenvalue weighted by Gasteiger charge is -2.21. The second-order valence-corrected chi connectivity index (χ2v) is 8.29. The largest absolute Gasteiger partial charge is 0.480 e. The molecule has 2 aromatic rings. The predicted molar refractivity (Wildman–Crippen MR) is 121 cm³/mol. The first-order valence-electron chi connectivity index (χ1n) is 11.3. The minimum Gasteiger partial charge on any atom is -0.480 e. The Bertz CT molecular complexity index is 826. The van der Waals surface area contributed by atoms with Gasteiger partial charge in [0.05, 0.1) is 0 Å². The summed E-state index contributed by atoms with van der Waals surface area (Å²) in [6.07, 6.45) is 10.3. The topological polar surface area (TPSA) is 57.6 Å². The number of aliphatic carboxylic acids is 1. The van der Waals surface area contributed by atoms with Crippen LogP contribution in [0.4, 0.5) is 0 Å². The number of benzene rings is 2. The van der Waals surface area contributed by atoms with Gasteiger partial charge in [-0.05, 0) is 54.5 Å². The average Bonchev–Trinajstić information content (AvgIpc) is 3.27. The molecular weight excluding hydrogens is 374 g/mol. The van der Waals surface area contributed by atoms with E-state index < -0.39 is 12.0 Å². The molecule has 1 N–H and O–H groups in total. The van der Waals surface area contributed by atoms with E-state index >= 15 is 0 Å². The van der Waals surface area contributed by atoms with E-state index in [-0.39, 0.29) is 5.91 Å². The molecule has 4 heteroatoms. The van der Waals surface area contributed by atoms with Crippen LogP contribution >= 0.6 is 0 Å². The fourth-order valence-corrected chi connectivity index (χ4v) is 4.21. The number of hydrogen-bond acceptors (Lipinski definition) is 2. The number of nitrogens with zero attached hydrogens (tertiary/aromatic N) is 1. The second-order valence-electron chi connectivity index (χ2n) is 8.29. The number of carboxylic acid groups (broad SMARTS) is 1. The molecule has 0 aliphatic carbocycles. The third-order valence-corrected chi connectivity index (χ3v) is 6.04. The van der Waals surface area contributed by atoms with Gasteiger partial charge in [-0.2, -0.15) is 0 Å². The number of carbonyl (C=O) groups is 2. The molecule has 3 rings (SSSR count). The van der Waals surface area contributed by atoms with Crippen LogP contribution in [0.25, 0.3) is 11.1 Å². The summed E-state index contributed by atoms with van der Waals surface area (Å²) in [5.74, 6) is -1.11. The summed E-state index contributed by atoms with van der Waals surface area (Å²) >= 11 is 0. The lowest BCUT2D eigenvalue weighted by atomic mass is 10.00. The van der Waals surface area contributed by atoms with Crippen LogP contribution in [0, 0.1) is 0 Å². The molecular formula is C26H33NO3. The summed E-state index contributed by atoms with van der Waals surface area (Å²) in [6, 6.07) is 15.5. The van der Waals surface area contributed by atoms with Gasteiger partial charge in [0.25, 0.3) is 5.91 Å². The first-order valence-corrected chi connectivity index (χ1v) is 11.3. The minimum absolute atomic E-state index is 0.194. The van der Waals surface area contributed by atoms with Crippen molar-refractivity contribution in [1.29, 1.82) is 0 Å². The Morgan fingerprint density at radius 2 is 1.50 bits per heavy atom. The quantitative estimate of drug-likeness (QED) is 0.495. The van der Waals surface area contributed by atoms with Gasteiger partial charge in [-0.3, -0.25) is 4.79 Å². The summed E-state index contributed by atoms with van der Waals surface area (Å²) < 4.78 is 0. The Morgan fingerprint density at radius 1 is 0.900 bits per heavy atom. The third-order valence-electron chi connectivity index (χ3n) is 6.04. The molecule has 30 heavy (non-hydrogen) atoms. The summed E-state index contributed by atoms with van der Waals surface area (Å²) in [4.78, 5) is 25.5. The van der Waals surface area contributed by atoms with E-state index in [0.717, 1.165) is 24.0 Å². The summed E-state index contributed by atoms with van der Waals surface area (Å²) in [5.41, 5.74) is 4.11. The lowest BCUT2D eigenvalue weighted by Crippen LogP contribution is -2.40. The zero-order valence-corrected chi connectivity index (χ0v) is 18.0. The highest BCUT2D eigenvalue weighted by molar-refractivity contribution is 5.97. The second kappa shape index (κ2) is 11.0. The van der Waals surface area contributed by atoms with Crippen LogP contribution in [0.5, 0.6) is 0 Å². The van der Waals surface area contributed by atoms with Gasteiger partial charge in [0, 0.05) is 12.1 Å². The highest BCUT2D eigenvalue weighted by Crippen LogP contribution is 2.24. The van der Waals surface area contributed by atoms with Crippen molar-refractivity contribution in [3.63, 3.8) is 0 Å². The number of carbonyl (C=O) groups excluding carboxylic acids is 1. The van der Waals surface area contributed by atoms with Gasteiger partial charge >= 0.3 is 5.97 Å². The first-order chi connectivity index (χ1) is 14.6. The zero-order chi connectivity index (χ0) is 21.3. The van der Waals surface area contributed by atoms with Crippen LogP contribution in [-0.2, 0) is 11.2 Å². The molecule has 1 aliphatic heterocycles. The molecule has 2 aromatic carbocycles. The Morgan fingerprint density at radius 3 is 2.13 bits per heavy atom. The van der Waals surface area contributed by atoms with Crippen LogP contribution in [0.2, 0.25) is 0 Å². The van der Waals surface area contributed by atoms with Crippen LogP contribution in [0.15, 0.2) is 48.5 Å². The van der Waals surface area contributed by atoms with Gasteiger partial charge in [-0.25, -0.2) is 4.79 Å². The zero-order valence-electron chi connectivity index (χ0n) is 18.0. The number of amides is 1. The number of rotatable bonds is 10. The molecule has 0 aromatic heterocycles. The SMILES string of the molecule is CCCCCCCCc1ccc(-c2ccc(C(=O)N3CCCC3C(=O)O)cc2)cc1. The maximum absolute atomic E-state index is 12.7. The Labute approximate surface area is 179 Å². The molecule has 1 unspecified atom stereocenters. The molecule has 1 aliphatic rings. The predicted octanol–water partition coefficient (Wildman–Crippen LogP) is 5.95. The first kappa shape index (κ1) is 22.1. The van der Waals surface area contributed by atoms with Crippen molar-refractivity contribution in [2.24, 2.45) is 0 Å². The molecule has 0 saturated carbocycles. The van der Waals surface area contributed by atoms with E-state index in [1.165, 1.54) is 49.0 Å². The highest BCUT2D eigenvalue weighted by Gasteiger charge is 2.34. The number of likely N-dealkylation sites (tertiary alicyclic amines) is 1. The molecule has 0 spiro atoms. The van der Waals surface area contributed by atoms with Crippen molar-refractivity contribution in [2.45, 2.75) is 70.8 Å². The van der Waals surface area contributed by atoms with Crippen molar-refractivity contribution >= 4 is 11.9 Å². The number of aryl methyl sites for hydroxylation is 1. The van der Waals surface area contributed by atoms with Crippen LogP contribution in [0.1, 0.15) is 74.2 Å². The Balaban J connectivity index is 1.55. The van der Waals surface area contributed by atoms with Gasteiger partial charge in [-0.15, -0.1) is 0 Å². The van der Waals surface area contributed by atoms with E-state index in [1.54, 1.807) is 12.1 Å². The van der Waals surface area contributed by atoms with Gasteiger partial charge < -0.3 is 10.0 Å². The van der Waals surface area contributed by atoms with Crippen LogP contribution < -0.4 is 0 Å². The number of hydrogen-bond donors (Lipinski definition) is 1. The van der Waals surface area contributed by atoms with E-state index in [4.69, 9.17) is 0 Å². The average molecular weight is 408 g/mol. The third kappa shape index (κ3) is 5.71. The van der Waals surface area contributed by atoms with Crippen molar-refractivity contribution < 1.29 is 14.7 Å². The van der Waals surface area contributed by atoms with E-state index in [1.807, 2.05) is 12.1 Å². The number of carboxylic acids is 1. The smallest absolute Gasteiger partial charge is 0.326 e. The summed E-state index contributed by atoms with van der Waals surface area (Å²) in [7, 11) is 0. The van der Waals surface area contributed by atoms with Crippen molar-refractivity contribution in [1.82, 2.24) is 4.90 Å². The van der Waals surface area contributed by atoms with Gasteiger partial charge in [0.1, 0.15) is 6.04 Å². The molecule has 0 bridgehead atoms. The van der Waals surface area contributed by atoms with Crippen molar-refractivity contribution in [3.05, 3.63) is 59.7 Å². The van der Waals surface area contributed by atoms with E-state index in [9.17, 15) is 14.7 Å². The minimum atomic E-state index is -0.918. The molecule has 0 radical (unpaired) electrons. The molecule has 4 nitrogen and oxygen atoms in total. The molecule has 1 saturated heterocycles. The maximum Gasteiger partial charge on any atom is 0.326 e. The summed E-state index contributed by atoms with van der Waals surface area (Å²) in [5, 5.41) is 9.30. The van der Waals surface area contributed by atoms with Crippen molar-refractivity contribution in [3.8, 4) is 11.1 Å².